The van der Waals surface area contributed by atoms with Gasteiger partial charge in [-0.25, -0.2) is 4.98 Å². The van der Waals surface area contributed by atoms with E-state index in [4.69, 9.17) is 21.1 Å². The number of nitrogens with zero attached hydrogens (tertiary/aromatic N) is 5. The van der Waals surface area contributed by atoms with Crippen molar-refractivity contribution in [2.45, 2.75) is 124 Å². The number of thiazole rings is 1. The fraction of sp³-hybridized carbons (Fsp3) is 0.491. The monoisotopic (exact) mass is 1000 g/mol. The topological polar surface area (TPSA) is 177 Å². The van der Waals surface area contributed by atoms with Crippen molar-refractivity contribution in [1.82, 2.24) is 30.3 Å². The Kier molecular flexibility index (Phi) is 14.8. The molecule has 1 aromatic heterocycles. The molecule has 71 heavy (non-hydrogen) atoms. The highest BCUT2D eigenvalue weighted by atomic mass is 35.5. The molecule has 16 heteroatoms. The van der Waals surface area contributed by atoms with Gasteiger partial charge in [0.15, 0.2) is 0 Å². The van der Waals surface area contributed by atoms with Crippen LogP contribution in [0.2, 0.25) is 5.02 Å². The van der Waals surface area contributed by atoms with Gasteiger partial charge in [-0.3, -0.25) is 24.1 Å². The molecule has 1 aliphatic carbocycles. The molecule has 4 atom stereocenters. The van der Waals surface area contributed by atoms with Crippen molar-refractivity contribution >= 4 is 46.6 Å². The molecule has 3 N–H and O–H groups in total. The maximum Gasteiger partial charge on any atom is 0.254 e. The Morgan fingerprint density at radius 2 is 1.73 bits per heavy atom. The molecule has 4 aromatic rings. The number of aliphatic hydroxyl groups is 1. The number of hydrogen-bond donors (Lipinski definition) is 3. The molecule has 3 fully saturated rings. The van der Waals surface area contributed by atoms with Crippen molar-refractivity contribution < 1.29 is 33.8 Å². The predicted molar refractivity (Wildman–Crippen MR) is 272 cm³/mol. The summed E-state index contributed by atoms with van der Waals surface area (Å²) in [7, 11) is 0. The van der Waals surface area contributed by atoms with Crippen LogP contribution < -0.4 is 15.4 Å². The summed E-state index contributed by atoms with van der Waals surface area (Å²) in [6.07, 6.45) is -0.495. The molecule has 4 heterocycles. The first kappa shape index (κ1) is 51.5. The highest BCUT2D eigenvalue weighted by Gasteiger charge is 2.67. The van der Waals surface area contributed by atoms with Gasteiger partial charge in [-0.2, -0.15) is 5.26 Å². The summed E-state index contributed by atoms with van der Waals surface area (Å²) in [5, 5.41) is 26.2. The molecule has 4 aliphatic rings. The number of aryl methyl sites for hydroxylation is 1. The van der Waals surface area contributed by atoms with Gasteiger partial charge in [0.25, 0.3) is 5.91 Å². The zero-order valence-corrected chi connectivity index (χ0v) is 43.5. The largest absolute Gasteiger partial charge is 0.489 e. The van der Waals surface area contributed by atoms with Crippen LogP contribution in [-0.2, 0) is 25.7 Å². The van der Waals surface area contributed by atoms with Crippen LogP contribution in [-0.4, -0.2) is 118 Å². The van der Waals surface area contributed by atoms with E-state index >= 15 is 0 Å². The lowest BCUT2D eigenvalue weighted by Gasteiger charge is -2.65. The summed E-state index contributed by atoms with van der Waals surface area (Å²) in [6.45, 7) is 20.2. The van der Waals surface area contributed by atoms with E-state index in [1.165, 1.54) is 4.90 Å². The Bertz CT molecular complexity index is 2780. The van der Waals surface area contributed by atoms with Gasteiger partial charge >= 0.3 is 0 Å². The fourth-order valence-corrected chi connectivity index (χ4v) is 12.3. The number of halogens is 1. The van der Waals surface area contributed by atoms with Crippen LogP contribution >= 0.6 is 22.9 Å². The van der Waals surface area contributed by atoms with E-state index in [0.717, 1.165) is 39.4 Å². The molecule has 0 radical (unpaired) electrons. The second-order valence-corrected chi connectivity index (χ2v) is 23.0. The van der Waals surface area contributed by atoms with E-state index in [1.807, 2.05) is 87.5 Å². The number of fused-ring (bicyclic) bond motifs is 1. The molecule has 374 valence electrons. The Labute approximate surface area is 426 Å². The van der Waals surface area contributed by atoms with Crippen molar-refractivity contribution in [3.63, 3.8) is 0 Å². The number of benzene rings is 3. The number of hydrogen-bond acceptors (Lipinski definition) is 11. The van der Waals surface area contributed by atoms with E-state index in [2.05, 4.69) is 66.1 Å². The molecule has 8 rings (SSSR count). The van der Waals surface area contributed by atoms with E-state index in [1.54, 1.807) is 29.5 Å². The molecular formula is C55H64ClN7O7S. The molecule has 0 unspecified atom stereocenters. The zero-order valence-electron chi connectivity index (χ0n) is 42.0. The smallest absolute Gasteiger partial charge is 0.254 e. The highest BCUT2D eigenvalue weighted by Crippen LogP contribution is 2.59. The molecule has 3 aliphatic heterocycles. The number of rotatable bonds is 14. The van der Waals surface area contributed by atoms with E-state index in [0.29, 0.717) is 48.0 Å². The molecule has 4 amide bonds. The average Bonchev–Trinajstić information content (AvgIpc) is 4.01. The van der Waals surface area contributed by atoms with Gasteiger partial charge in [-0.05, 0) is 66.3 Å². The predicted octanol–water partition coefficient (Wildman–Crippen LogP) is 7.29. The van der Waals surface area contributed by atoms with Gasteiger partial charge in [-0.1, -0.05) is 96.2 Å². The van der Waals surface area contributed by atoms with Gasteiger partial charge in [0.05, 0.1) is 44.9 Å². The number of β-amino-alcohol motifs (C(OH)–C–C–N with tert-alkyl or cyclic N) is 1. The Morgan fingerprint density at radius 3 is 2.38 bits per heavy atom. The minimum Gasteiger partial charge on any atom is -0.489 e. The van der Waals surface area contributed by atoms with Gasteiger partial charge in [0.2, 0.25) is 17.7 Å². The molecular weight excluding hydrogens is 938 g/mol. The van der Waals surface area contributed by atoms with Gasteiger partial charge in [0, 0.05) is 79.6 Å². The second-order valence-electron chi connectivity index (χ2n) is 21.7. The number of nitriles is 1. The molecule has 2 saturated heterocycles. The molecule has 3 aromatic carbocycles. The van der Waals surface area contributed by atoms with E-state index < -0.39 is 35.4 Å². The van der Waals surface area contributed by atoms with E-state index in [-0.39, 0.29) is 66.5 Å². The van der Waals surface area contributed by atoms with Crippen LogP contribution in [0.25, 0.3) is 10.4 Å². The van der Waals surface area contributed by atoms with Crippen LogP contribution in [0.5, 0.6) is 5.75 Å². The normalized spacial score (nSPS) is 22.3. The van der Waals surface area contributed by atoms with Crippen molar-refractivity contribution in [3.05, 3.63) is 105 Å². The zero-order chi connectivity index (χ0) is 51.2. The van der Waals surface area contributed by atoms with Crippen LogP contribution in [0.3, 0.4) is 0 Å². The quantitative estimate of drug-likeness (QED) is 0.109. The third-order valence-electron chi connectivity index (χ3n) is 14.5. The molecule has 1 saturated carbocycles. The van der Waals surface area contributed by atoms with Gasteiger partial charge < -0.3 is 35.0 Å². The van der Waals surface area contributed by atoms with Crippen molar-refractivity contribution in [1.29, 1.82) is 5.26 Å². The molecule has 0 bridgehead atoms. The number of aliphatic hydroxyl groups excluding tert-OH is 1. The van der Waals surface area contributed by atoms with Crippen LogP contribution in [0, 0.1) is 46.3 Å². The number of aromatic nitrogens is 1. The average molecular weight is 1000 g/mol. The van der Waals surface area contributed by atoms with Crippen molar-refractivity contribution in [2.75, 3.05) is 32.8 Å². The fourth-order valence-electron chi connectivity index (χ4n) is 11.2. The number of carbonyl (C=O) groups is 4. The summed E-state index contributed by atoms with van der Waals surface area (Å²) < 4.78 is 12.4. The maximum absolute atomic E-state index is 14.1. The summed E-state index contributed by atoms with van der Waals surface area (Å²) in [6, 6.07) is 18.6. The van der Waals surface area contributed by atoms with Crippen LogP contribution in [0.4, 0.5) is 0 Å². The number of ether oxygens (including phenoxy) is 2. The SMILES string of the molecule is Cc1ncsc1-c1ccc([C@H](C)NC(=O)[C@@H]2C[C@@H](O)CN2C(=O)[C@@H](NC(=O)COC2CN(CCC#Cc3ccc4c(c3)CN(C3C(C)(C)C(Oc5ccc(C#N)c(Cl)c5)C3(C)C)C4=O)C2)C(C)(C)C)cc1. The van der Waals surface area contributed by atoms with Gasteiger partial charge in [-0.15, -0.1) is 11.3 Å². The molecule has 0 spiro atoms. The van der Waals surface area contributed by atoms with Crippen molar-refractivity contribution in [2.24, 2.45) is 16.2 Å². The summed E-state index contributed by atoms with van der Waals surface area (Å²) in [4.78, 5) is 65.9. The van der Waals surface area contributed by atoms with Gasteiger partial charge in [0.1, 0.15) is 36.6 Å². The maximum atomic E-state index is 14.1. The lowest BCUT2D eigenvalue weighted by molar-refractivity contribution is -0.199. The number of carbonyl (C=O) groups excluding carboxylic acids is 4. The first-order valence-corrected chi connectivity index (χ1v) is 25.5. The van der Waals surface area contributed by atoms with E-state index in [9.17, 15) is 29.5 Å². The Hall–Kier alpha value is -5.81. The Morgan fingerprint density at radius 1 is 1.01 bits per heavy atom. The standard InChI is InChI=1S/C55H64ClN7O7S/c1-32(35-14-16-36(17-15-35)46-33(2)58-31-71-46)59-48(66)44-23-39(64)27-62(44)50(68)47(53(3,4)5)60-45(65)30-69-41-28-61(29-41)21-11-10-12-34-13-20-42-38(22-34)26-63(49(42)67)51-54(6,7)52(55(51,8)9)70-40-19-18-37(25-57)43(56)24-40/h13-20,22,24,31-32,39,41,44,47,51-52,64H,11,21,23,26-30H2,1-9H3,(H,59,66)(H,60,65)/t32-,39+,44-,47+,51?,52?/m0/s1. The minimum absolute atomic E-state index is 0.00445. The lowest BCUT2D eigenvalue weighted by atomic mass is 9.49. The summed E-state index contributed by atoms with van der Waals surface area (Å²) >= 11 is 7.87. The lowest BCUT2D eigenvalue weighted by Crippen LogP contribution is -2.74. The first-order valence-electron chi connectivity index (χ1n) is 24.3. The third-order valence-corrected chi connectivity index (χ3v) is 15.8. The molecule has 14 nitrogen and oxygen atoms in total. The minimum atomic E-state index is -0.960. The number of amides is 4. The number of nitrogens with one attached hydrogen (secondary N) is 2. The summed E-state index contributed by atoms with van der Waals surface area (Å²) in [5.41, 5.74) is 6.19. The number of likely N-dealkylation sites (tertiary alicyclic amines) is 2. The Balaban J connectivity index is 0.775. The van der Waals surface area contributed by atoms with Crippen molar-refractivity contribution in [3.8, 4) is 34.1 Å². The van der Waals surface area contributed by atoms with Crippen LogP contribution in [0.15, 0.2) is 66.2 Å². The third kappa shape index (κ3) is 10.7. The highest BCUT2D eigenvalue weighted by molar-refractivity contribution is 7.13. The summed E-state index contributed by atoms with van der Waals surface area (Å²) in [5.74, 6) is 5.92. The van der Waals surface area contributed by atoms with Crippen LogP contribution in [0.1, 0.15) is 113 Å². The second kappa shape index (κ2) is 20.4. The first-order chi connectivity index (χ1) is 33.6.